The predicted molar refractivity (Wildman–Crippen MR) is 93.2 cm³/mol. The van der Waals surface area contributed by atoms with E-state index < -0.39 is 0 Å². The Hall–Kier alpha value is 0.910. The van der Waals surface area contributed by atoms with E-state index in [2.05, 4.69) is 0 Å². The Morgan fingerprint density at radius 2 is 1.32 bits per heavy atom. The number of rotatable bonds is 6. The molecule has 0 saturated heterocycles. The molecule has 7 heteroatoms. The SMILES string of the molecule is ClCC(SC(CCl)c1ccsc1Cl)c1ccsc1Cl. The second kappa shape index (κ2) is 7.79. The quantitative estimate of drug-likeness (QED) is 0.472. The van der Waals surface area contributed by atoms with Gasteiger partial charge in [-0.2, -0.15) is 0 Å². The molecule has 0 nitrogen and oxygen atoms in total. The molecular formula is C12H10Cl4S3. The van der Waals surface area contributed by atoms with Gasteiger partial charge < -0.3 is 0 Å². The number of hydrogen-bond acceptors (Lipinski definition) is 3. The molecule has 2 unspecified atom stereocenters. The van der Waals surface area contributed by atoms with Crippen molar-refractivity contribution in [1.29, 1.82) is 0 Å². The van der Waals surface area contributed by atoms with Crippen molar-refractivity contribution < 1.29 is 0 Å². The largest absolute Gasteiger partial charge is 0.143 e. The molecule has 2 aromatic heterocycles. The minimum Gasteiger partial charge on any atom is -0.143 e. The van der Waals surface area contributed by atoms with Gasteiger partial charge in [0.1, 0.15) is 0 Å². The highest BCUT2D eigenvalue weighted by atomic mass is 35.5. The van der Waals surface area contributed by atoms with Crippen molar-refractivity contribution in [1.82, 2.24) is 0 Å². The van der Waals surface area contributed by atoms with Gasteiger partial charge in [-0.15, -0.1) is 57.6 Å². The fraction of sp³-hybridized carbons (Fsp3) is 0.333. The van der Waals surface area contributed by atoms with Crippen molar-refractivity contribution in [2.75, 3.05) is 11.8 Å². The highest BCUT2D eigenvalue weighted by molar-refractivity contribution is 8.00. The average Bonchev–Trinajstić information content (AvgIpc) is 3.01. The van der Waals surface area contributed by atoms with Crippen LogP contribution in [0.25, 0.3) is 0 Å². The number of halogens is 4. The van der Waals surface area contributed by atoms with Crippen LogP contribution in [0.2, 0.25) is 8.67 Å². The molecule has 2 atom stereocenters. The molecule has 0 amide bonds. The van der Waals surface area contributed by atoms with Crippen LogP contribution in [0.5, 0.6) is 0 Å². The molecule has 19 heavy (non-hydrogen) atoms. The number of hydrogen-bond donors (Lipinski definition) is 0. The van der Waals surface area contributed by atoms with E-state index in [9.17, 15) is 0 Å². The first kappa shape index (κ1) is 16.3. The predicted octanol–water partition coefficient (Wildman–Crippen LogP) is 7.11. The van der Waals surface area contributed by atoms with Crippen LogP contribution in [0.15, 0.2) is 22.9 Å². The zero-order valence-corrected chi connectivity index (χ0v) is 15.1. The summed E-state index contributed by atoms with van der Waals surface area (Å²) in [6.45, 7) is 0. The molecule has 2 heterocycles. The Bertz CT molecular complexity index is 476. The van der Waals surface area contributed by atoms with Gasteiger partial charge in [-0.05, 0) is 34.0 Å². The Labute approximate surface area is 145 Å². The van der Waals surface area contributed by atoms with Gasteiger partial charge in [0.15, 0.2) is 0 Å². The summed E-state index contributed by atoms with van der Waals surface area (Å²) < 4.78 is 1.59. The molecule has 0 bridgehead atoms. The normalized spacial score (nSPS) is 14.5. The van der Waals surface area contributed by atoms with Crippen LogP contribution in [0.4, 0.5) is 0 Å². The molecule has 2 rings (SSSR count). The molecule has 0 saturated carbocycles. The zero-order chi connectivity index (χ0) is 13.8. The lowest BCUT2D eigenvalue weighted by Crippen LogP contribution is -2.02. The van der Waals surface area contributed by atoms with Crippen molar-refractivity contribution in [3.63, 3.8) is 0 Å². The molecule has 0 aliphatic rings. The Kier molecular flexibility index (Phi) is 6.67. The second-order valence-electron chi connectivity index (χ2n) is 3.72. The third kappa shape index (κ3) is 3.97. The van der Waals surface area contributed by atoms with Crippen LogP contribution < -0.4 is 0 Å². The van der Waals surface area contributed by atoms with Gasteiger partial charge >= 0.3 is 0 Å². The lowest BCUT2D eigenvalue weighted by Gasteiger charge is -2.20. The van der Waals surface area contributed by atoms with Gasteiger partial charge in [0.2, 0.25) is 0 Å². The summed E-state index contributed by atoms with van der Waals surface area (Å²) in [5.74, 6) is 0.993. The molecule has 0 aliphatic heterocycles. The van der Waals surface area contributed by atoms with Crippen molar-refractivity contribution >= 4 is 80.8 Å². The summed E-state index contributed by atoms with van der Waals surface area (Å²) >= 11 is 29.3. The lowest BCUT2D eigenvalue weighted by atomic mass is 10.2. The number of thioether (sulfide) groups is 1. The summed E-state index contributed by atoms with van der Waals surface area (Å²) in [7, 11) is 0. The smallest absolute Gasteiger partial charge is 0.0972 e. The maximum absolute atomic E-state index is 6.19. The van der Waals surface area contributed by atoms with Crippen LogP contribution in [0.1, 0.15) is 21.6 Å². The molecule has 0 N–H and O–H groups in total. The van der Waals surface area contributed by atoms with Gasteiger partial charge in [0.25, 0.3) is 0 Å². The van der Waals surface area contributed by atoms with Crippen molar-refractivity contribution in [3.05, 3.63) is 42.7 Å². The van der Waals surface area contributed by atoms with Crippen LogP contribution in [-0.4, -0.2) is 11.8 Å². The molecule has 0 aromatic carbocycles. The molecule has 0 radical (unpaired) electrons. The van der Waals surface area contributed by atoms with E-state index in [1.807, 2.05) is 22.9 Å². The summed E-state index contributed by atoms with van der Waals surface area (Å²) in [5, 5.41) is 4.20. The first-order chi connectivity index (χ1) is 9.17. The maximum Gasteiger partial charge on any atom is 0.0972 e. The fourth-order valence-electron chi connectivity index (χ4n) is 1.65. The first-order valence-electron chi connectivity index (χ1n) is 5.40. The van der Waals surface area contributed by atoms with Gasteiger partial charge in [-0.3, -0.25) is 0 Å². The third-order valence-corrected chi connectivity index (χ3v) is 7.48. The van der Waals surface area contributed by atoms with E-state index in [-0.39, 0.29) is 10.5 Å². The van der Waals surface area contributed by atoms with Crippen LogP contribution in [0, 0.1) is 0 Å². The van der Waals surface area contributed by atoms with Crippen molar-refractivity contribution in [3.8, 4) is 0 Å². The van der Waals surface area contributed by atoms with Crippen molar-refractivity contribution in [2.24, 2.45) is 0 Å². The van der Waals surface area contributed by atoms with E-state index in [1.54, 1.807) is 11.8 Å². The van der Waals surface area contributed by atoms with E-state index in [0.717, 1.165) is 19.8 Å². The Morgan fingerprint density at radius 3 is 1.58 bits per heavy atom. The monoisotopic (exact) mass is 390 g/mol. The van der Waals surface area contributed by atoms with Crippen LogP contribution in [-0.2, 0) is 0 Å². The van der Waals surface area contributed by atoms with E-state index in [4.69, 9.17) is 46.4 Å². The molecule has 0 fully saturated rings. The fourth-order valence-corrected chi connectivity index (χ4v) is 5.99. The minimum atomic E-state index is 0.125. The summed E-state index contributed by atoms with van der Waals surface area (Å²) in [5.41, 5.74) is 2.15. The van der Waals surface area contributed by atoms with Gasteiger partial charge in [-0.1, -0.05) is 23.2 Å². The Balaban J connectivity index is 2.17. The van der Waals surface area contributed by atoms with Crippen LogP contribution >= 0.6 is 80.8 Å². The standard InChI is InChI=1S/C12H10Cl4S3/c13-5-9(7-1-3-17-11(7)15)19-10(6-14)8-2-4-18-12(8)16/h1-4,9-10H,5-6H2. The third-order valence-electron chi connectivity index (χ3n) is 2.59. The molecule has 2 aromatic rings. The topological polar surface area (TPSA) is 0 Å². The zero-order valence-electron chi connectivity index (χ0n) is 9.61. The molecular weight excluding hydrogens is 382 g/mol. The van der Waals surface area contributed by atoms with E-state index in [0.29, 0.717) is 11.8 Å². The second-order valence-corrected chi connectivity index (χ2v) is 8.79. The van der Waals surface area contributed by atoms with Gasteiger partial charge in [-0.25, -0.2) is 0 Å². The van der Waals surface area contributed by atoms with Gasteiger partial charge in [0.05, 0.1) is 8.67 Å². The minimum absolute atomic E-state index is 0.125. The number of alkyl halides is 2. The summed E-state index contributed by atoms with van der Waals surface area (Å²) in [4.78, 5) is 0. The number of thiophene rings is 2. The summed E-state index contributed by atoms with van der Waals surface area (Å²) in [6.07, 6.45) is 0. The lowest BCUT2D eigenvalue weighted by molar-refractivity contribution is 1.06. The van der Waals surface area contributed by atoms with E-state index >= 15 is 0 Å². The Morgan fingerprint density at radius 1 is 0.895 bits per heavy atom. The van der Waals surface area contributed by atoms with Crippen molar-refractivity contribution in [2.45, 2.75) is 10.5 Å². The van der Waals surface area contributed by atoms with Crippen LogP contribution in [0.3, 0.4) is 0 Å². The molecule has 104 valence electrons. The molecule has 0 spiro atoms. The summed E-state index contributed by atoms with van der Waals surface area (Å²) in [6, 6.07) is 4.04. The van der Waals surface area contributed by atoms with Gasteiger partial charge in [0, 0.05) is 22.3 Å². The molecule has 0 aliphatic carbocycles. The van der Waals surface area contributed by atoms with E-state index in [1.165, 1.54) is 22.7 Å². The first-order valence-corrected chi connectivity index (χ1v) is 9.93. The maximum atomic E-state index is 6.19. The highest BCUT2D eigenvalue weighted by Gasteiger charge is 2.23. The highest BCUT2D eigenvalue weighted by Crippen LogP contribution is 2.47. The average molecular weight is 392 g/mol.